The predicted molar refractivity (Wildman–Crippen MR) is 147 cm³/mol. The molecule has 2 amide bonds. The quantitative estimate of drug-likeness (QED) is 0.424. The molecule has 2 aromatic carbocycles. The van der Waals surface area contributed by atoms with Crippen LogP contribution in [0.4, 0.5) is 5.69 Å². The summed E-state index contributed by atoms with van der Waals surface area (Å²) in [6, 6.07) is 9.45. The number of carbonyl (C=O) groups excluding carboxylic acids is 2. The van der Waals surface area contributed by atoms with Gasteiger partial charge in [0.05, 0.1) is 11.9 Å². The number of aryl methyl sites for hydroxylation is 2. The summed E-state index contributed by atoms with van der Waals surface area (Å²) >= 11 is 12.4. The Balaban J connectivity index is 2.49. The van der Waals surface area contributed by atoms with Crippen LogP contribution in [0, 0.1) is 19.8 Å². The van der Waals surface area contributed by atoms with Gasteiger partial charge in [-0.1, -0.05) is 67.7 Å². The molecule has 36 heavy (non-hydrogen) atoms. The Labute approximate surface area is 224 Å². The predicted octanol–water partition coefficient (Wildman–Crippen LogP) is 4.96. The topological polar surface area (TPSA) is 86.8 Å². The van der Waals surface area contributed by atoms with Gasteiger partial charge in [0, 0.05) is 23.1 Å². The van der Waals surface area contributed by atoms with Gasteiger partial charge in [-0.25, -0.2) is 8.42 Å². The fourth-order valence-electron chi connectivity index (χ4n) is 3.86. The van der Waals surface area contributed by atoms with Crippen LogP contribution in [0.2, 0.25) is 10.0 Å². The Morgan fingerprint density at radius 1 is 1.06 bits per heavy atom. The number of amides is 2. The Morgan fingerprint density at radius 2 is 1.72 bits per heavy atom. The molecule has 0 bridgehead atoms. The van der Waals surface area contributed by atoms with Gasteiger partial charge in [-0.3, -0.25) is 13.9 Å². The highest BCUT2D eigenvalue weighted by Crippen LogP contribution is 2.26. The fraction of sp³-hybridized carbons (Fsp3) is 0.462. The minimum atomic E-state index is -3.80. The zero-order chi connectivity index (χ0) is 27.2. The Kier molecular flexibility index (Phi) is 10.6. The van der Waals surface area contributed by atoms with Crippen LogP contribution < -0.4 is 9.62 Å². The van der Waals surface area contributed by atoms with Crippen molar-refractivity contribution >= 4 is 50.7 Å². The van der Waals surface area contributed by atoms with Crippen LogP contribution in [0.15, 0.2) is 36.4 Å². The van der Waals surface area contributed by atoms with Crippen LogP contribution in [0.3, 0.4) is 0 Å². The molecule has 0 spiro atoms. The van der Waals surface area contributed by atoms with Gasteiger partial charge < -0.3 is 10.2 Å². The molecule has 1 N–H and O–H groups in total. The highest BCUT2D eigenvalue weighted by Gasteiger charge is 2.32. The average molecular weight is 557 g/mol. The molecule has 0 aromatic heterocycles. The van der Waals surface area contributed by atoms with E-state index in [-0.39, 0.29) is 18.4 Å². The molecule has 0 saturated heterocycles. The lowest BCUT2D eigenvalue weighted by Crippen LogP contribution is -2.52. The molecule has 198 valence electrons. The minimum Gasteiger partial charge on any atom is -0.354 e. The number of sulfonamides is 1. The van der Waals surface area contributed by atoms with Crippen molar-refractivity contribution in [2.75, 3.05) is 23.7 Å². The van der Waals surface area contributed by atoms with Crippen LogP contribution in [0.5, 0.6) is 0 Å². The number of anilines is 1. The van der Waals surface area contributed by atoms with E-state index in [1.807, 2.05) is 33.8 Å². The Morgan fingerprint density at radius 3 is 2.25 bits per heavy atom. The number of hydrogen-bond acceptors (Lipinski definition) is 4. The first kappa shape index (κ1) is 29.9. The molecule has 0 radical (unpaired) electrons. The highest BCUT2D eigenvalue weighted by atomic mass is 35.5. The maximum atomic E-state index is 13.7. The molecule has 0 aliphatic carbocycles. The lowest BCUT2D eigenvalue weighted by atomic mass is 10.1. The van der Waals surface area contributed by atoms with E-state index < -0.39 is 28.5 Å². The maximum Gasteiger partial charge on any atom is 0.244 e. The second-order valence-corrected chi connectivity index (χ2v) is 12.1. The summed E-state index contributed by atoms with van der Waals surface area (Å²) in [4.78, 5) is 28.3. The van der Waals surface area contributed by atoms with Crippen LogP contribution >= 0.6 is 23.2 Å². The molecule has 2 aromatic rings. The maximum absolute atomic E-state index is 13.7. The van der Waals surface area contributed by atoms with Crippen LogP contribution in [-0.2, 0) is 26.2 Å². The molecular formula is C26H35Cl2N3O4S. The second-order valence-electron chi connectivity index (χ2n) is 9.38. The molecule has 0 fully saturated rings. The van der Waals surface area contributed by atoms with Gasteiger partial charge in [-0.15, -0.1) is 0 Å². The minimum absolute atomic E-state index is 0.0208. The molecule has 7 nitrogen and oxygen atoms in total. The number of benzene rings is 2. The van der Waals surface area contributed by atoms with Crippen molar-refractivity contribution in [1.82, 2.24) is 10.2 Å². The SMILES string of the molecule is CC[C@H](C(=O)NCC(C)C)N(Cc1ccc(Cl)cc1Cl)C(=O)CN(c1ccc(C)cc1C)S(C)(=O)=O. The van der Waals surface area contributed by atoms with Crippen LogP contribution in [0.25, 0.3) is 0 Å². The van der Waals surface area contributed by atoms with E-state index in [2.05, 4.69) is 5.32 Å². The first-order valence-electron chi connectivity index (χ1n) is 11.8. The van der Waals surface area contributed by atoms with Gasteiger partial charge in [-0.05, 0) is 55.5 Å². The summed E-state index contributed by atoms with van der Waals surface area (Å²) < 4.78 is 26.6. The number of carbonyl (C=O) groups is 2. The summed E-state index contributed by atoms with van der Waals surface area (Å²) in [5.41, 5.74) is 2.71. The number of nitrogens with zero attached hydrogens (tertiary/aromatic N) is 2. The molecule has 10 heteroatoms. The summed E-state index contributed by atoms with van der Waals surface area (Å²) in [6.45, 7) is 9.49. The van der Waals surface area contributed by atoms with E-state index in [0.717, 1.165) is 21.7 Å². The zero-order valence-electron chi connectivity index (χ0n) is 21.6. The lowest BCUT2D eigenvalue weighted by molar-refractivity contribution is -0.140. The van der Waals surface area contributed by atoms with Crippen molar-refractivity contribution in [1.29, 1.82) is 0 Å². The first-order chi connectivity index (χ1) is 16.7. The third-order valence-electron chi connectivity index (χ3n) is 5.73. The summed E-state index contributed by atoms with van der Waals surface area (Å²) in [7, 11) is -3.80. The molecular weight excluding hydrogens is 521 g/mol. The normalized spacial score (nSPS) is 12.4. The smallest absolute Gasteiger partial charge is 0.244 e. The highest BCUT2D eigenvalue weighted by molar-refractivity contribution is 7.92. The van der Waals surface area contributed by atoms with Gasteiger partial charge in [-0.2, -0.15) is 0 Å². The summed E-state index contributed by atoms with van der Waals surface area (Å²) in [6.07, 6.45) is 1.40. The van der Waals surface area contributed by atoms with Gasteiger partial charge in [0.25, 0.3) is 0 Å². The van der Waals surface area contributed by atoms with E-state index >= 15 is 0 Å². The van der Waals surface area contributed by atoms with Crippen molar-refractivity contribution < 1.29 is 18.0 Å². The number of rotatable bonds is 11. The van der Waals surface area contributed by atoms with E-state index in [4.69, 9.17) is 23.2 Å². The van der Waals surface area contributed by atoms with E-state index in [1.165, 1.54) is 4.90 Å². The summed E-state index contributed by atoms with van der Waals surface area (Å²) in [5, 5.41) is 3.69. The van der Waals surface area contributed by atoms with Crippen molar-refractivity contribution in [3.05, 3.63) is 63.1 Å². The van der Waals surface area contributed by atoms with Crippen LogP contribution in [0.1, 0.15) is 43.9 Å². The lowest BCUT2D eigenvalue weighted by Gasteiger charge is -2.33. The second kappa shape index (κ2) is 12.8. The van der Waals surface area contributed by atoms with Crippen molar-refractivity contribution in [2.45, 2.75) is 53.6 Å². The fourth-order valence-corrected chi connectivity index (χ4v) is 5.23. The van der Waals surface area contributed by atoms with Gasteiger partial charge >= 0.3 is 0 Å². The monoisotopic (exact) mass is 555 g/mol. The molecule has 2 rings (SSSR count). The van der Waals surface area contributed by atoms with Gasteiger partial charge in [0.1, 0.15) is 12.6 Å². The van der Waals surface area contributed by atoms with Crippen LogP contribution in [-0.4, -0.2) is 50.5 Å². The standard InChI is InChI=1S/C26H35Cl2N3O4S/c1-7-23(26(33)29-14-17(2)3)30(15-20-9-10-21(27)13-22(20)28)25(32)16-31(36(6,34)35)24-11-8-18(4)12-19(24)5/h8-13,17,23H,7,14-16H2,1-6H3,(H,29,33)/t23-/m1/s1. The van der Waals surface area contributed by atoms with Crippen molar-refractivity contribution in [2.24, 2.45) is 5.92 Å². The number of halogens is 2. The third kappa shape index (κ3) is 8.11. The van der Waals surface area contributed by atoms with E-state index in [1.54, 1.807) is 37.3 Å². The first-order valence-corrected chi connectivity index (χ1v) is 14.4. The van der Waals surface area contributed by atoms with E-state index in [9.17, 15) is 18.0 Å². The van der Waals surface area contributed by atoms with E-state index in [0.29, 0.717) is 34.3 Å². The molecule has 0 heterocycles. The number of hydrogen-bond donors (Lipinski definition) is 1. The number of nitrogens with one attached hydrogen (secondary N) is 1. The molecule has 0 unspecified atom stereocenters. The Bertz CT molecular complexity index is 1200. The van der Waals surface area contributed by atoms with Crippen molar-refractivity contribution in [3.8, 4) is 0 Å². The molecule has 0 aliphatic rings. The Hall–Kier alpha value is -2.29. The zero-order valence-corrected chi connectivity index (χ0v) is 24.0. The largest absolute Gasteiger partial charge is 0.354 e. The molecule has 0 saturated carbocycles. The summed E-state index contributed by atoms with van der Waals surface area (Å²) in [5.74, 6) is -0.591. The van der Waals surface area contributed by atoms with Crippen molar-refractivity contribution in [3.63, 3.8) is 0 Å². The molecule has 0 aliphatic heterocycles. The molecule has 1 atom stereocenters. The van der Waals surface area contributed by atoms with Gasteiger partial charge in [0.2, 0.25) is 21.8 Å². The average Bonchev–Trinajstić information content (AvgIpc) is 2.77. The van der Waals surface area contributed by atoms with Gasteiger partial charge in [0.15, 0.2) is 0 Å². The third-order valence-corrected chi connectivity index (χ3v) is 7.44.